The summed E-state index contributed by atoms with van der Waals surface area (Å²) in [5.74, 6) is 1.52. The molecule has 2 rings (SSSR count). The molecule has 0 amide bonds. The summed E-state index contributed by atoms with van der Waals surface area (Å²) >= 11 is 7.46. The molecule has 2 aromatic rings. The first-order chi connectivity index (χ1) is 11.4. The van der Waals surface area contributed by atoms with Crippen molar-refractivity contribution in [1.29, 1.82) is 0 Å². The number of hydrogen-bond acceptors (Lipinski definition) is 6. The standard InChI is InChI=1S/C15H19ClN4O2S2/c1-11-14(20-10-19-11)9-23-7-6-18-15(8-17)24(21,22)13-4-2-12(16)3-5-13/h2-5,8,10,18H,6-7,9,17H2,1H3,(H,19,20). The van der Waals surface area contributed by atoms with E-state index in [9.17, 15) is 8.42 Å². The van der Waals surface area contributed by atoms with Gasteiger partial charge in [0.05, 0.1) is 16.9 Å². The van der Waals surface area contributed by atoms with E-state index in [4.69, 9.17) is 17.3 Å². The Kier molecular flexibility index (Phi) is 6.59. The number of aromatic nitrogens is 2. The third-order valence-corrected chi connectivity index (χ3v) is 6.28. The number of aryl methyl sites for hydroxylation is 1. The third-order valence-electron chi connectivity index (χ3n) is 3.29. The number of nitrogens with one attached hydrogen (secondary N) is 2. The maximum Gasteiger partial charge on any atom is 0.222 e. The molecule has 1 aromatic carbocycles. The van der Waals surface area contributed by atoms with Gasteiger partial charge >= 0.3 is 0 Å². The number of H-pyrrole nitrogens is 1. The van der Waals surface area contributed by atoms with Gasteiger partial charge in [-0.2, -0.15) is 11.8 Å². The minimum absolute atomic E-state index is 0.0110. The second kappa shape index (κ2) is 8.46. The second-order valence-electron chi connectivity index (χ2n) is 4.93. The Bertz CT molecular complexity index is 801. The highest BCUT2D eigenvalue weighted by Crippen LogP contribution is 2.19. The molecule has 0 fully saturated rings. The van der Waals surface area contributed by atoms with Gasteiger partial charge in [0, 0.05) is 35.0 Å². The summed E-state index contributed by atoms with van der Waals surface area (Å²) in [6.45, 7) is 2.42. The van der Waals surface area contributed by atoms with E-state index < -0.39 is 9.84 Å². The van der Waals surface area contributed by atoms with Gasteiger partial charge < -0.3 is 16.0 Å². The van der Waals surface area contributed by atoms with Gasteiger partial charge in [0.15, 0.2) is 0 Å². The van der Waals surface area contributed by atoms with Gasteiger partial charge in [-0.15, -0.1) is 0 Å². The smallest absolute Gasteiger partial charge is 0.222 e. The summed E-state index contributed by atoms with van der Waals surface area (Å²) in [6, 6.07) is 5.98. The number of nitrogens with two attached hydrogens (primary N) is 1. The molecule has 6 nitrogen and oxygen atoms in total. The van der Waals surface area contributed by atoms with E-state index in [1.807, 2.05) is 6.92 Å². The van der Waals surface area contributed by atoms with E-state index in [1.54, 1.807) is 18.1 Å². The predicted molar refractivity (Wildman–Crippen MR) is 98.4 cm³/mol. The molecular formula is C15H19ClN4O2S2. The Morgan fingerprint density at radius 2 is 2.12 bits per heavy atom. The number of aromatic amines is 1. The summed E-state index contributed by atoms with van der Waals surface area (Å²) in [6.07, 6.45) is 2.74. The minimum Gasteiger partial charge on any atom is -0.402 e. The van der Waals surface area contributed by atoms with Crippen molar-refractivity contribution in [2.45, 2.75) is 17.6 Å². The van der Waals surface area contributed by atoms with Gasteiger partial charge in [0.25, 0.3) is 0 Å². The van der Waals surface area contributed by atoms with Crippen LogP contribution in [0.15, 0.2) is 46.7 Å². The second-order valence-corrected chi connectivity index (χ2v) is 8.39. The molecule has 0 bridgehead atoms. The molecule has 0 aliphatic carbocycles. The number of imidazole rings is 1. The zero-order valence-corrected chi connectivity index (χ0v) is 15.5. The van der Waals surface area contributed by atoms with E-state index in [0.717, 1.165) is 29.1 Å². The van der Waals surface area contributed by atoms with E-state index >= 15 is 0 Å². The van der Waals surface area contributed by atoms with Crippen molar-refractivity contribution >= 4 is 33.2 Å². The van der Waals surface area contributed by atoms with Gasteiger partial charge in [-0.3, -0.25) is 0 Å². The summed E-state index contributed by atoms with van der Waals surface area (Å²) in [5, 5.41) is 3.35. The topological polar surface area (TPSA) is 101 Å². The Labute approximate surface area is 150 Å². The van der Waals surface area contributed by atoms with Gasteiger partial charge in [-0.25, -0.2) is 13.4 Å². The van der Waals surface area contributed by atoms with Gasteiger partial charge in [0.2, 0.25) is 9.84 Å². The monoisotopic (exact) mass is 386 g/mol. The molecule has 4 N–H and O–H groups in total. The van der Waals surface area contributed by atoms with Crippen LogP contribution < -0.4 is 11.1 Å². The predicted octanol–water partition coefficient (Wildman–Crippen LogP) is 2.43. The lowest BCUT2D eigenvalue weighted by Crippen LogP contribution is -2.24. The number of benzene rings is 1. The van der Waals surface area contributed by atoms with Crippen LogP contribution in [0.1, 0.15) is 11.4 Å². The lowest BCUT2D eigenvalue weighted by molar-refractivity contribution is 0.597. The Morgan fingerprint density at radius 1 is 1.42 bits per heavy atom. The highest BCUT2D eigenvalue weighted by atomic mass is 35.5. The highest BCUT2D eigenvalue weighted by Gasteiger charge is 2.20. The maximum absolute atomic E-state index is 12.5. The molecule has 0 aliphatic heterocycles. The molecule has 0 saturated heterocycles. The van der Waals surface area contributed by atoms with E-state index in [2.05, 4.69) is 15.3 Å². The van der Waals surface area contributed by atoms with Crippen LogP contribution in [-0.4, -0.2) is 30.7 Å². The average molecular weight is 387 g/mol. The lowest BCUT2D eigenvalue weighted by Gasteiger charge is -2.11. The summed E-state index contributed by atoms with van der Waals surface area (Å²) in [4.78, 5) is 7.36. The van der Waals surface area contributed by atoms with Crippen molar-refractivity contribution < 1.29 is 8.42 Å². The summed E-state index contributed by atoms with van der Waals surface area (Å²) < 4.78 is 25.0. The fourth-order valence-electron chi connectivity index (χ4n) is 1.94. The molecule has 0 spiro atoms. The molecule has 0 saturated carbocycles. The number of rotatable bonds is 8. The molecule has 0 unspecified atom stereocenters. The molecule has 9 heteroatoms. The fraction of sp³-hybridized carbons (Fsp3) is 0.267. The third kappa shape index (κ3) is 4.68. The SMILES string of the molecule is Cc1nc[nH]c1CSCCNC(=CN)S(=O)(=O)c1ccc(Cl)cc1. The van der Waals surface area contributed by atoms with E-state index in [1.165, 1.54) is 24.3 Å². The fourth-order valence-corrected chi connectivity index (χ4v) is 4.17. The molecule has 24 heavy (non-hydrogen) atoms. The van der Waals surface area contributed by atoms with Crippen molar-refractivity contribution in [3.8, 4) is 0 Å². The number of nitrogens with zero attached hydrogens (tertiary/aromatic N) is 1. The van der Waals surface area contributed by atoms with Gasteiger partial charge in [0.1, 0.15) is 5.03 Å². The van der Waals surface area contributed by atoms with Crippen LogP contribution in [0.3, 0.4) is 0 Å². The van der Waals surface area contributed by atoms with Crippen molar-refractivity contribution in [3.63, 3.8) is 0 Å². The Hall–Kier alpha value is -1.64. The number of halogens is 1. The minimum atomic E-state index is -3.66. The Morgan fingerprint density at radius 3 is 2.71 bits per heavy atom. The van der Waals surface area contributed by atoms with Crippen molar-refractivity contribution in [1.82, 2.24) is 15.3 Å². The van der Waals surface area contributed by atoms with E-state index in [0.29, 0.717) is 11.6 Å². The Balaban J connectivity index is 1.88. The zero-order chi connectivity index (χ0) is 17.6. The summed E-state index contributed by atoms with van der Waals surface area (Å²) in [7, 11) is -3.66. The normalized spacial score (nSPS) is 12.3. The highest BCUT2D eigenvalue weighted by molar-refractivity contribution is 7.98. The van der Waals surface area contributed by atoms with Crippen LogP contribution in [-0.2, 0) is 15.6 Å². The number of thioether (sulfide) groups is 1. The molecule has 130 valence electrons. The first-order valence-electron chi connectivity index (χ1n) is 7.18. The van der Waals surface area contributed by atoms with Crippen LogP contribution in [0, 0.1) is 6.92 Å². The van der Waals surface area contributed by atoms with Crippen LogP contribution in [0.4, 0.5) is 0 Å². The largest absolute Gasteiger partial charge is 0.402 e. The number of hydrogen-bond donors (Lipinski definition) is 3. The zero-order valence-electron chi connectivity index (χ0n) is 13.1. The maximum atomic E-state index is 12.5. The molecular weight excluding hydrogens is 368 g/mol. The average Bonchev–Trinajstić information content (AvgIpc) is 2.96. The molecule has 1 aromatic heterocycles. The van der Waals surface area contributed by atoms with Crippen molar-refractivity contribution in [2.75, 3.05) is 12.3 Å². The quantitative estimate of drug-likeness (QED) is 0.602. The van der Waals surface area contributed by atoms with E-state index in [-0.39, 0.29) is 9.92 Å². The first kappa shape index (κ1) is 18.7. The van der Waals surface area contributed by atoms with Crippen LogP contribution in [0.25, 0.3) is 0 Å². The molecule has 0 aliphatic rings. The van der Waals surface area contributed by atoms with Crippen molar-refractivity contribution in [2.24, 2.45) is 5.73 Å². The number of sulfone groups is 1. The van der Waals surface area contributed by atoms with Crippen LogP contribution in [0.2, 0.25) is 5.02 Å². The first-order valence-corrected chi connectivity index (χ1v) is 10.2. The molecule has 0 radical (unpaired) electrons. The molecule has 1 heterocycles. The lowest BCUT2D eigenvalue weighted by atomic mass is 10.4. The summed E-state index contributed by atoms with van der Waals surface area (Å²) in [5.41, 5.74) is 7.54. The van der Waals surface area contributed by atoms with Crippen LogP contribution >= 0.6 is 23.4 Å². The van der Waals surface area contributed by atoms with Crippen molar-refractivity contribution in [3.05, 3.63) is 58.2 Å². The van der Waals surface area contributed by atoms with Crippen LogP contribution in [0.5, 0.6) is 0 Å². The van der Waals surface area contributed by atoms with Gasteiger partial charge in [-0.1, -0.05) is 11.6 Å². The van der Waals surface area contributed by atoms with Gasteiger partial charge in [-0.05, 0) is 31.2 Å². The molecule has 0 atom stereocenters.